The first-order valence-corrected chi connectivity index (χ1v) is 11.0. The molecule has 7 heteroatoms. The lowest BCUT2D eigenvalue weighted by Crippen LogP contribution is -2.48. The van der Waals surface area contributed by atoms with Crippen molar-refractivity contribution in [3.05, 3.63) is 34.9 Å². The predicted molar refractivity (Wildman–Crippen MR) is 117 cm³/mol. The van der Waals surface area contributed by atoms with Crippen LogP contribution in [0.3, 0.4) is 0 Å². The van der Waals surface area contributed by atoms with Crippen molar-refractivity contribution in [1.82, 2.24) is 10.6 Å². The van der Waals surface area contributed by atoms with Gasteiger partial charge < -0.3 is 24.8 Å². The van der Waals surface area contributed by atoms with E-state index in [1.807, 2.05) is 12.1 Å². The van der Waals surface area contributed by atoms with E-state index in [0.717, 1.165) is 89.4 Å². The van der Waals surface area contributed by atoms with E-state index < -0.39 is 0 Å². The van der Waals surface area contributed by atoms with Gasteiger partial charge in [0.1, 0.15) is 0 Å². The van der Waals surface area contributed by atoms with E-state index in [-0.39, 0.29) is 5.41 Å². The highest BCUT2D eigenvalue weighted by Crippen LogP contribution is 2.38. The number of guanidine groups is 1. The van der Waals surface area contributed by atoms with Gasteiger partial charge in [0, 0.05) is 62.9 Å². The molecule has 2 fully saturated rings. The van der Waals surface area contributed by atoms with Crippen molar-refractivity contribution in [2.45, 2.75) is 31.1 Å². The van der Waals surface area contributed by atoms with E-state index in [0.29, 0.717) is 5.92 Å². The second-order valence-electron chi connectivity index (χ2n) is 7.88. The summed E-state index contributed by atoms with van der Waals surface area (Å²) in [5.41, 5.74) is 1.15. The van der Waals surface area contributed by atoms with E-state index in [4.69, 9.17) is 25.8 Å². The molecule has 29 heavy (non-hydrogen) atoms. The van der Waals surface area contributed by atoms with Crippen LogP contribution in [0, 0.1) is 5.92 Å². The van der Waals surface area contributed by atoms with Crippen LogP contribution in [0.1, 0.15) is 31.2 Å². The van der Waals surface area contributed by atoms with Crippen LogP contribution in [-0.4, -0.2) is 65.7 Å². The van der Waals surface area contributed by atoms with Crippen LogP contribution in [0.25, 0.3) is 0 Å². The maximum Gasteiger partial charge on any atom is 0.191 e. The fourth-order valence-electron chi connectivity index (χ4n) is 4.01. The molecule has 2 aliphatic heterocycles. The normalized spacial score (nSPS) is 21.9. The van der Waals surface area contributed by atoms with Gasteiger partial charge in [0.15, 0.2) is 5.96 Å². The Hall–Kier alpha value is -1.34. The quantitative estimate of drug-likeness (QED) is 0.363. The van der Waals surface area contributed by atoms with Crippen LogP contribution < -0.4 is 10.6 Å². The third-order valence-corrected chi connectivity index (χ3v) is 6.18. The lowest BCUT2D eigenvalue weighted by molar-refractivity contribution is 0.0514. The molecule has 1 unspecified atom stereocenters. The van der Waals surface area contributed by atoms with Gasteiger partial charge in [-0.1, -0.05) is 29.8 Å². The molecule has 2 saturated heterocycles. The molecule has 0 saturated carbocycles. The second-order valence-corrected chi connectivity index (χ2v) is 8.29. The first-order chi connectivity index (χ1) is 14.2. The highest BCUT2D eigenvalue weighted by atomic mass is 35.5. The average molecular weight is 424 g/mol. The van der Waals surface area contributed by atoms with Crippen LogP contribution in [0.4, 0.5) is 0 Å². The Labute approximate surface area is 179 Å². The maximum absolute atomic E-state index is 6.54. The number of hydrogen-bond donors (Lipinski definition) is 2. The zero-order valence-electron chi connectivity index (χ0n) is 17.4. The van der Waals surface area contributed by atoms with Gasteiger partial charge in [-0.05, 0) is 37.3 Å². The number of rotatable bonds is 9. The van der Waals surface area contributed by atoms with Gasteiger partial charge in [-0.15, -0.1) is 0 Å². The van der Waals surface area contributed by atoms with Gasteiger partial charge in [-0.2, -0.15) is 0 Å². The molecule has 0 spiro atoms. The van der Waals surface area contributed by atoms with Gasteiger partial charge in [0.05, 0.1) is 13.2 Å². The van der Waals surface area contributed by atoms with Crippen LogP contribution in [0.5, 0.6) is 0 Å². The van der Waals surface area contributed by atoms with E-state index in [2.05, 4.69) is 27.8 Å². The van der Waals surface area contributed by atoms with Gasteiger partial charge >= 0.3 is 0 Å². The van der Waals surface area contributed by atoms with Crippen LogP contribution in [-0.2, 0) is 19.6 Å². The van der Waals surface area contributed by atoms with Gasteiger partial charge in [-0.3, -0.25) is 4.99 Å². The first-order valence-electron chi connectivity index (χ1n) is 10.7. The molecule has 6 nitrogen and oxygen atoms in total. The molecule has 0 aliphatic carbocycles. The Bertz CT molecular complexity index is 644. The SMILES string of the molecule is CN=C(NCCCOCC1CCOC1)NCC1(c2ccccc2Cl)CCOCC1. The summed E-state index contributed by atoms with van der Waals surface area (Å²) >= 11 is 6.54. The summed E-state index contributed by atoms with van der Waals surface area (Å²) < 4.78 is 16.8. The number of benzene rings is 1. The Morgan fingerprint density at radius 2 is 2.03 bits per heavy atom. The van der Waals surface area contributed by atoms with Crippen molar-refractivity contribution in [3.63, 3.8) is 0 Å². The average Bonchev–Trinajstić information content (AvgIpc) is 3.27. The lowest BCUT2D eigenvalue weighted by Gasteiger charge is -2.38. The Balaban J connectivity index is 1.43. The highest BCUT2D eigenvalue weighted by molar-refractivity contribution is 6.31. The summed E-state index contributed by atoms with van der Waals surface area (Å²) in [6.07, 6.45) is 3.95. The molecule has 2 aliphatic rings. The molecule has 2 heterocycles. The minimum Gasteiger partial charge on any atom is -0.381 e. The smallest absolute Gasteiger partial charge is 0.191 e. The zero-order valence-corrected chi connectivity index (χ0v) is 18.2. The van der Waals surface area contributed by atoms with Gasteiger partial charge in [-0.25, -0.2) is 0 Å². The van der Waals surface area contributed by atoms with Crippen molar-refractivity contribution in [2.75, 3.05) is 59.8 Å². The second kappa shape index (κ2) is 11.7. The maximum atomic E-state index is 6.54. The number of halogens is 1. The molecule has 0 amide bonds. The molecular formula is C22H34ClN3O3. The third-order valence-electron chi connectivity index (χ3n) is 5.85. The molecule has 0 aromatic heterocycles. The molecule has 0 bridgehead atoms. The largest absolute Gasteiger partial charge is 0.381 e. The van der Waals surface area contributed by atoms with E-state index in [1.54, 1.807) is 7.05 Å². The van der Waals surface area contributed by atoms with Crippen molar-refractivity contribution < 1.29 is 14.2 Å². The fourth-order valence-corrected chi connectivity index (χ4v) is 4.35. The number of ether oxygens (including phenoxy) is 3. The minimum atomic E-state index is -0.0410. The summed E-state index contributed by atoms with van der Waals surface area (Å²) in [4.78, 5) is 4.37. The molecule has 1 atom stereocenters. The number of nitrogens with one attached hydrogen (secondary N) is 2. The molecule has 1 aromatic carbocycles. The summed E-state index contributed by atoms with van der Waals surface area (Å²) in [6, 6.07) is 8.15. The molecule has 3 rings (SSSR count). The number of aliphatic imine (C=N–C) groups is 1. The van der Waals surface area contributed by atoms with E-state index in [9.17, 15) is 0 Å². The molecule has 162 valence electrons. The Morgan fingerprint density at radius 1 is 1.21 bits per heavy atom. The van der Waals surface area contributed by atoms with Crippen molar-refractivity contribution in [1.29, 1.82) is 0 Å². The highest BCUT2D eigenvalue weighted by Gasteiger charge is 2.36. The molecule has 2 N–H and O–H groups in total. The van der Waals surface area contributed by atoms with E-state index in [1.165, 1.54) is 5.56 Å². The lowest BCUT2D eigenvalue weighted by atomic mass is 9.74. The number of nitrogens with zero attached hydrogens (tertiary/aromatic N) is 1. The minimum absolute atomic E-state index is 0.0410. The van der Waals surface area contributed by atoms with E-state index >= 15 is 0 Å². The van der Waals surface area contributed by atoms with Crippen molar-refractivity contribution in [2.24, 2.45) is 10.9 Å². The molecule has 0 radical (unpaired) electrons. The Kier molecular flexibility index (Phi) is 9.05. The van der Waals surface area contributed by atoms with Crippen molar-refractivity contribution in [3.8, 4) is 0 Å². The fraction of sp³-hybridized carbons (Fsp3) is 0.682. The first kappa shape index (κ1) is 22.3. The summed E-state index contributed by atoms with van der Waals surface area (Å²) in [7, 11) is 1.80. The summed E-state index contributed by atoms with van der Waals surface area (Å²) in [5.74, 6) is 1.38. The summed E-state index contributed by atoms with van der Waals surface area (Å²) in [6.45, 7) is 6.37. The standard InChI is InChI=1S/C22H34ClN3O3/c1-24-21(25-10-4-11-28-15-18-7-12-29-16-18)26-17-22(8-13-27-14-9-22)19-5-2-3-6-20(19)23/h2-3,5-6,18H,4,7-17H2,1H3,(H2,24,25,26). The molecular weight excluding hydrogens is 390 g/mol. The van der Waals surface area contributed by atoms with Gasteiger partial charge in [0.2, 0.25) is 0 Å². The zero-order chi connectivity index (χ0) is 20.4. The topological polar surface area (TPSA) is 64.1 Å². The van der Waals surface area contributed by atoms with Crippen LogP contribution in [0.2, 0.25) is 5.02 Å². The molecule has 1 aromatic rings. The number of hydrogen-bond acceptors (Lipinski definition) is 4. The van der Waals surface area contributed by atoms with Gasteiger partial charge in [0.25, 0.3) is 0 Å². The van der Waals surface area contributed by atoms with Crippen LogP contribution >= 0.6 is 11.6 Å². The van der Waals surface area contributed by atoms with Crippen LogP contribution in [0.15, 0.2) is 29.3 Å². The van der Waals surface area contributed by atoms with Crippen molar-refractivity contribution >= 4 is 17.6 Å². The Morgan fingerprint density at radius 3 is 2.76 bits per heavy atom. The third kappa shape index (κ3) is 6.57. The monoisotopic (exact) mass is 423 g/mol. The summed E-state index contributed by atoms with van der Waals surface area (Å²) in [5, 5.41) is 7.72. The predicted octanol–water partition coefficient (Wildman–Crippen LogP) is 3.00.